The highest BCUT2D eigenvalue weighted by atomic mass is 32.1. The molecule has 5 nitrogen and oxygen atoms in total. The lowest BCUT2D eigenvalue weighted by Crippen LogP contribution is -2.30. The molecule has 6 heteroatoms. The standard InChI is InChI=1S/C22H26N4OS/c1-17-23-22(28-24-17)26-13-5-12-25(14-15-26)16-18-8-10-19(11-9-18)20-6-3-4-7-21(20)27-2/h3-4,6-11H,5,12-16H2,1-2H3. The lowest BCUT2D eigenvalue weighted by molar-refractivity contribution is 0.285. The maximum atomic E-state index is 5.49. The van der Waals surface area contributed by atoms with Crippen molar-refractivity contribution in [2.24, 2.45) is 0 Å². The maximum Gasteiger partial charge on any atom is 0.205 e. The van der Waals surface area contributed by atoms with Crippen molar-refractivity contribution in [3.8, 4) is 16.9 Å². The molecule has 1 aliphatic heterocycles. The average Bonchev–Trinajstić information content (AvgIpc) is 3.03. The molecule has 0 N–H and O–H groups in total. The Morgan fingerprint density at radius 2 is 1.82 bits per heavy atom. The van der Waals surface area contributed by atoms with Gasteiger partial charge in [0, 0.05) is 49.8 Å². The lowest BCUT2D eigenvalue weighted by Gasteiger charge is -2.21. The van der Waals surface area contributed by atoms with Crippen LogP contribution in [0.15, 0.2) is 48.5 Å². The van der Waals surface area contributed by atoms with Crippen molar-refractivity contribution < 1.29 is 4.74 Å². The lowest BCUT2D eigenvalue weighted by atomic mass is 10.0. The fourth-order valence-electron chi connectivity index (χ4n) is 3.67. The second-order valence-corrected chi connectivity index (χ2v) is 7.87. The normalized spacial score (nSPS) is 15.4. The van der Waals surface area contributed by atoms with Crippen LogP contribution in [0.5, 0.6) is 5.75 Å². The van der Waals surface area contributed by atoms with Crippen molar-refractivity contribution in [3.63, 3.8) is 0 Å². The average molecular weight is 395 g/mol. The minimum absolute atomic E-state index is 0.872. The third kappa shape index (κ3) is 4.34. The molecule has 0 amide bonds. The summed E-state index contributed by atoms with van der Waals surface area (Å²) in [5.74, 6) is 1.78. The van der Waals surface area contributed by atoms with E-state index in [2.05, 4.69) is 49.5 Å². The van der Waals surface area contributed by atoms with Gasteiger partial charge in [0.25, 0.3) is 0 Å². The molecule has 3 aromatic rings. The van der Waals surface area contributed by atoms with Crippen LogP contribution in [-0.4, -0.2) is 47.5 Å². The molecular weight excluding hydrogens is 368 g/mol. The van der Waals surface area contributed by atoms with Gasteiger partial charge in [0.15, 0.2) is 0 Å². The number of aryl methyl sites for hydroxylation is 1. The third-order valence-corrected chi connectivity index (χ3v) is 6.02. The summed E-state index contributed by atoms with van der Waals surface area (Å²) in [5, 5.41) is 1.06. The molecule has 0 unspecified atom stereocenters. The number of hydrogen-bond donors (Lipinski definition) is 0. The molecule has 2 heterocycles. The Balaban J connectivity index is 1.39. The predicted octanol–water partition coefficient (Wildman–Crippen LogP) is 4.23. The van der Waals surface area contributed by atoms with Gasteiger partial charge >= 0.3 is 0 Å². The molecule has 4 rings (SSSR count). The van der Waals surface area contributed by atoms with Crippen LogP contribution in [0, 0.1) is 6.92 Å². The van der Waals surface area contributed by atoms with E-state index in [9.17, 15) is 0 Å². The molecule has 28 heavy (non-hydrogen) atoms. The first-order chi connectivity index (χ1) is 13.7. The summed E-state index contributed by atoms with van der Waals surface area (Å²) in [6, 6.07) is 17.0. The minimum atomic E-state index is 0.872. The molecule has 0 atom stereocenters. The van der Waals surface area contributed by atoms with Gasteiger partial charge in [0.2, 0.25) is 5.13 Å². The maximum absolute atomic E-state index is 5.49. The zero-order chi connectivity index (χ0) is 19.3. The molecule has 2 aromatic carbocycles. The van der Waals surface area contributed by atoms with Gasteiger partial charge in [-0.3, -0.25) is 4.90 Å². The number of ether oxygens (including phenoxy) is 1. The van der Waals surface area contributed by atoms with Gasteiger partial charge in [-0.05, 0) is 30.5 Å². The molecule has 146 valence electrons. The Morgan fingerprint density at radius 1 is 1.00 bits per heavy atom. The van der Waals surface area contributed by atoms with E-state index in [0.717, 1.165) is 61.4 Å². The highest BCUT2D eigenvalue weighted by Gasteiger charge is 2.18. The third-order valence-electron chi connectivity index (χ3n) is 5.15. The predicted molar refractivity (Wildman–Crippen MR) is 115 cm³/mol. The second-order valence-electron chi connectivity index (χ2n) is 7.14. The van der Waals surface area contributed by atoms with E-state index in [1.54, 1.807) is 7.11 Å². The van der Waals surface area contributed by atoms with E-state index >= 15 is 0 Å². The first-order valence-corrected chi connectivity index (χ1v) is 10.5. The van der Waals surface area contributed by atoms with Crippen LogP contribution < -0.4 is 9.64 Å². The van der Waals surface area contributed by atoms with Crippen LogP contribution in [0.2, 0.25) is 0 Å². The molecule has 1 fully saturated rings. The number of anilines is 1. The van der Waals surface area contributed by atoms with Crippen molar-refractivity contribution in [1.29, 1.82) is 0 Å². The first kappa shape index (κ1) is 18.9. The fourth-order valence-corrected chi connectivity index (χ4v) is 4.39. The smallest absolute Gasteiger partial charge is 0.205 e. The molecule has 0 spiro atoms. The Hall–Kier alpha value is -2.44. The molecule has 1 aromatic heterocycles. The van der Waals surface area contributed by atoms with Crippen LogP contribution in [-0.2, 0) is 6.54 Å². The van der Waals surface area contributed by atoms with Gasteiger partial charge in [0.1, 0.15) is 11.6 Å². The molecule has 1 aliphatic rings. The molecule has 0 bridgehead atoms. The molecular formula is C22H26N4OS. The zero-order valence-corrected chi connectivity index (χ0v) is 17.3. The van der Waals surface area contributed by atoms with E-state index in [0.29, 0.717) is 0 Å². The topological polar surface area (TPSA) is 41.5 Å². The summed E-state index contributed by atoms with van der Waals surface area (Å²) in [4.78, 5) is 9.45. The quantitative estimate of drug-likeness (QED) is 0.648. The van der Waals surface area contributed by atoms with E-state index in [-0.39, 0.29) is 0 Å². The van der Waals surface area contributed by atoms with Gasteiger partial charge < -0.3 is 9.64 Å². The monoisotopic (exact) mass is 394 g/mol. The van der Waals surface area contributed by atoms with Crippen LogP contribution in [0.25, 0.3) is 11.1 Å². The zero-order valence-electron chi connectivity index (χ0n) is 16.5. The number of para-hydroxylation sites is 1. The van der Waals surface area contributed by atoms with Crippen molar-refractivity contribution in [1.82, 2.24) is 14.3 Å². The highest BCUT2D eigenvalue weighted by molar-refractivity contribution is 7.09. The first-order valence-electron chi connectivity index (χ1n) is 9.73. The van der Waals surface area contributed by atoms with E-state index < -0.39 is 0 Å². The minimum Gasteiger partial charge on any atom is -0.496 e. The summed E-state index contributed by atoms with van der Waals surface area (Å²) < 4.78 is 9.81. The van der Waals surface area contributed by atoms with Gasteiger partial charge in [-0.15, -0.1) is 0 Å². The van der Waals surface area contributed by atoms with E-state index in [1.807, 2.05) is 25.1 Å². The van der Waals surface area contributed by atoms with E-state index in [1.165, 1.54) is 22.7 Å². The summed E-state index contributed by atoms with van der Waals surface area (Å²) in [7, 11) is 1.72. The fraction of sp³-hybridized carbons (Fsp3) is 0.364. The Morgan fingerprint density at radius 3 is 2.57 bits per heavy atom. The van der Waals surface area contributed by atoms with Crippen LogP contribution >= 0.6 is 11.5 Å². The number of benzene rings is 2. The summed E-state index contributed by atoms with van der Waals surface area (Å²) in [6.07, 6.45) is 1.15. The number of rotatable bonds is 5. The Labute approximate surface area is 170 Å². The molecule has 0 aliphatic carbocycles. The van der Waals surface area contributed by atoms with Gasteiger partial charge in [-0.2, -0.15) is 4.37 Å². The Bertz CT molecular complexity index is 909. The SMILES string of the molecule is COc1ccccc1-c1ccc(CN2CCCN(c3nc(C)ns3)CC2)cc1. The number of aromatic nitrogens is 2. The second kappa shape index (κ2) is 8.71. The van der Waals surface area contributed by atoms with Crippen molar-refractivity contribution in [3.05, 3.63) is 59.9 Å². The van der Waals surface area contributed by atoms with Gasteiger partial charge in [-0.1, -0.05) is 42.5 Å². The van der Waals surface area contributed by atoms with Crippen LogP contribution in [0.4, 0.5) is 5.13 Å². The summed E-state index contributed by atoms with van der Waals surface area (Å²) >= 11 is 1.51. The van der Waals surface area contributed by atoms with Crippen LogP contribution in [0.3, 0.4) is 0 Å². The summed E-state index contributed by atoms with van der Waals surface area (Å²) in [5.41, 5.74) is 3.67. The number of hydrogen-bond acceptors (Lipinski definition) is 6. The van der Waals surface area contributed by atoms with Crippen molar-refractivity contribution in [2.75, 3.05) is 38.2 Å². The van der Waals surface area contributed by atoms with Crippen LogP contribution in [0.1, 0.15) is 17.8 Å². The molecule has 0 radical (unpaired) electrons. The molecule has 0 saturated carbocycles. The van der Waals surface area contributed by atoms with Crippen molar-refractivity contribution in [2.45, 2.75) is 19.9 Å². The van der Waals surface area contributed by atoms with Crippen molar-refractivity contribution >= 4 is 16.7 Å². The highest BCUT2D eigenvalue weighted by Crippen LogP contribution is 2.29. The largest absolute Gasteiger partial charge is 0.496 e. The van der Waals surface area contributed by atoms with Gasteiger partial charge in [-0.25, -0.2) is 4.98 Å². The number of methoxy groups -OCH3 is 1. The molecule has 1 saturated heterocycles. The van der Waals surface area contributed by atoms with Gasteiger partial charge in [0.05, 0.1) is 7.11 Å². The van der Waals surface area contributed by atoms with E-state index in [4.69, 9.17) is 4.74 Å². The Kier molecular flexibility index (Phi) is 5.88. The number of nitrogens with zero attached hydrogens (tertiary/aromatic N) is 4. The summed E-state index contributed by atoms with van der Waals surface area (Å²) in [6.45, 7) is 7.16.